The second-order valence-corrected chi connectivity index (χ2v) is 5.41. The van der Waals surface area contributed by atoms with Crippen molar-refractivity contribution in [2.45, 2.75) is 25.8 Å². The molecule has 1 aromatic rings. The van der Waals surface area contributed by atoms with Gasteiger partial charge in [-0.25, -0.2) is 4.39 Å². The van der Waals surface area contributed by atoms with E-state index in [1.807, 2.05) is 19.1 Å². The van der Waals surface area contributed by atoms with Crippen LogP contribution in [0.4, 0.5) is 10.1 Å². The number of halogens is 1. The van der Waals surface area contributed by atoms with E-state index >= 15 is 0 Å². The number of anilines is 1. The molecule has 2 rings (SSSR count). The van der Waals surface area contributed by atoms with E-state index in [0.29, 0.717) is 11.6 Å². The van der Waals surface area contributed by atoms with Crippen molar-refractivity contribution in [3.05, 3.63) is 29.6 Å². The summed E-state index contributed by atoms with van der Waals surface area (Å²) in [7, 11) is 2.11. The van der Waals surface area contributed by atoms with Gasteiger partial charge in [0, 0.05) is 45.0 Å². The van der Waals surface area contributed by atoms with Crippen LogP contribution in [-0.4, -0.2) is 44.2 Å². The van der Waals surface area contributed by atoms with Crippen molar-refractivity contribution < 1.29 is 4.39 Å². The summed E-state index contributed by atoms with van der Waals surface area (Å²) < 4.78 is 13.3. The summed E-state index contributed by atoms with van der Waals surface area (Å²) >= 11 is 0. The van der Waals surface area contributed by atoms with E-state index in [-0.39, 0.29) is 5.82 Å². The van der Waals surface area contributed by atoms with E-state index in [1.54, 1.807) is 6.07 Å². The van der Waals surface area contributed by atoms with Crippen molar-refractivity contribution in [3.63, 3.8) is 0 Å². The Kier molecular flexibility index (Phi) is 4.77. The van der Waals surface area contributed by atoms with Gasteiger partial charge in [-0.05, 0) is 43.5 Å². The van der Waals surface area contributed by atoms with Gasteiger partial charge in [0.1, 0.15) is 5.82 Å². The molecular formula is C15H24FN3. The maximum Gasteiger partial charge on any atom is 0.126 e. The molecule has 0 unspecified atom stereocenters. The topological polar surface area (TPSA) is 32.5 Å². The van der Waals surface area contributed by atoms with Gasteiger partial charge < -0.3 is 15.5 Å². The molecule has 0 spiro atoms. The number of hydrogen-bond donors (Lipinski definition) is 1. The summed E-state index contributed by atoms with van der Waals surface area (Å²) in [5.74, 6) is -0.130. The first-order valence-electron chi connectivity index (χ1n) is 7.03. The van der Waals surface area contributed by atoms with Crippen LogP contribution in [0.5, 0.6) is 0 Å². The van der Waals surface area contributed by atoms with Crippen molar-refractivity contribution in [2.75, 3.05) is 38.1 Å². The van der Waals surface area contributed by atoms with Gasteiger partial charge in [0.2, 0.25) is 0 Å². The Morgan fingerprint density at radius 1 is 1.37 bits per heavy atom. The van der Waals surface area contributed by atoms with Crippen molar-refractivity contribution in [2.24, 2.45) is 5.73 Å². The number of hydrogen-bond acceptors (Lipinski definition) is 3. The van der Waals surface area contributed by atoms with E-state index in [2.05, 4.69) is 16.8 Å². The smallest absolute Gasteiger partial charge is 0.126 e. The Bertz CT molecular complexity index is 414. The summed E-state index contributed by atoms with van der Waals surface area (Å²) in [6, 6.07) is 5.90. The third-order valence-corrected chi connectivity index (χ3v) is 4.10. The van der Waals surface area contributed by atoms with Crippen LogP contribution in [0.2, 0.25) is 0 Å². The number of likely N-dealkylation sites (tertiary alicyclic amines) is 1. The molecule has 4 heteroatoms. The van der Waals surface area contributed by atoms with E-state index in [9.17, 15) is 4.39 Å². The van der Waals surface area contributed by atoms with Crippen molar-refractivity contribution in [3.8, 4) is 0 Å². The lowest BCUT2D eigenvalue weighted by Gasteiger charge is -2.37. The van der Waals surface area contributed by atoms with Crippen molar-refractivity contribution in [1.29, 1.82) is 0 Å². The fraction of sp³-hybridized carbons (Fsp3) is 0.600. The van der Waals surface area contributed by atoms with Crippen LogP contribution in [0.15, 0.2) is 18.2 Å². The Hall–Kier alpha value is -1.13. The van der Waals surface area contributed by atoms with Gasteiger partial charge in [-0.2, -0.15) is 0 Å². The number of aryl methyl sites for hydroxylation is 1. The highest BCUT2D eigenvalue weighted by atomic mass is 19.1. The standard InChI is InChI=1S/C15H24FN3/c1-12-11-14(3-4-15(12)16)18(2)13-5-8-19(9-6-13)10-7-17/h3-4,11,13H,5-10,17H2,1-2H3. The maximum absolute atomic E-state index is 13.3. The minimum atomic E-state index is -0.130. The van der Waals surface area contributed by atoms with E-state index in [0.717, 1.165) is 44.7 Å². The Morgan fingerprint density at radius 2 is 2.05 bits per heavy atom. The van der Waals surface area contributed by atoms with Crippen LogP contribution < -0.4 is 10.6 Å². The molecule has 1 aliphatic rings. The quantitative estimate of drug-likeness (QED) is 0.903. The predicted molar refractivity (Wildman–Crippen MR) is 78.1 cm³/mol. The maximum atomic E-state index is 13.3. The molecule has 0 saturated carbocycles. The summed E-state index contributed by atoms with van der Waals surface area (Å²) in [5.41, 5.74) is 7.41. The zero-order valence-corrected chi connectivity index (χ0v) is 11.9. The highest BCUT2D eigenvalue weighted by molar-refractivity contribution is 5.49. The zero-order valence-electron chi connectivity index (χ0n) is 11.9. The molecule has 1 heterocycles. The molecule has 1 fully saturated rings. The number of benzene rings is 1. The largest absolute Gasteiger partial charge is 0.372 e. The Morgan fingerprint density at radius 3 is 2.63 bits per heavy atom. The molecule has 1 saturated heterocycles. The third-order valence-electron chi connectivity index (χ3n) is 4.10. The monoisotopic (exact) mass is 265 g/mol. The highest BCUT2D eigenvalue weighted by Crippen LogP contribution is 2.23. The molecular weight excluding hydrogens is 241 g/mol. The fourth-order valence-corrected chi connectivity index (χ4v) is 2.77. The molecule has 2 N–H and O–H groups in total. The molecule has 0 radical (unpaired) electrons. The summed E-state index contributed by atoms with van der Waals surface area (Å²) in [5, 5.41) is 0. The van der Waals surface area contributed by atoms with Gasteiger partial charge in [-0.1, -0.05) is 0 Å². The number of nitrogens with two attached hydrogens (primary N) is 1. The van der Waals surface area contributed by atoms with Crippen LogP contribution in [0.25, 0.3) is 0 Å². The molecule has 0 aliphatic carbocycles. The van der Waals surface area contributed by atoms with Crippen molar-refractivity contribution in [1.82, 2.24) is 4.90 Å². The predicted octanol–water partition coefficient (Wildman–Crippen LogP) is 1.99. The molecule has 0 bridgehead atoms. The minimum Gasteiger partial charge on any atom is -0.372 e. The average molecular weight is 265 g/mol. The molecule has 19 heavy (non-hydrogen) atoms. The zero-order chi connectivity index (χ0) is 13.8. The normalized spacial score (nSPS) is 17.7. The molecule has 1 aromatic carbocycles. The molecule has 1 aliphatic heterocycles. The van der Waals surface area contributed by atoms with Crippen LogP contribution in [-0.2, 0) is 0 Å². The highest BCUT2D eigenvalue weighted by Gasteiger charge is 2.22. The van der Waals surface area contributed by atoms with Crippen molar-refractivity contribution >= 4 is 5.69 Å². The second kappa shape index (κ2) is 6.35. The first-order chi connectivity index (χ1) is 9.11. The summed E-state index contributed by atoms with van der Waals surface area (Å²) in [6.07, 6.45) is 2.29. The first kappa shape index (κ1) is 14.3. The third kappa shape index (κ3) is 3.45. The van der Waals surface area contributed by atoms with E-state index in [4.69, 9.17) is 5.73 Å². The summed E-state index contributed by atoms with van der Waals surface area (Å²) in [6.45, 7) is 5.75. The fourth-order valence-electron chi connectivity index (χ4n) is 2.77. The van der Waals surface area contributed by atoms with Gasteiger partial charge in [0.15, 0.2) is 0 Å². The number of piperidine rings is 1. The Labute approximate surface area is 115 Å². The van der Waals surface area contributed by atoms with Gasteiger partial charge in [0.05, 0.1) is 0 Å². The lowest BCUT2D eigenvalue weighted by molar-refractivity contribution is 0.216. The second-order valence-electron chi connectivity index (χ2n) is 5.41. The van der Waals surface area contributed by atoms with E-state index in [1.165, 1.54) is 0 Å². The van der Waals surface area contributed by atoms with Crippen LogP contribution >= 0.6 is 0 Å². The van der Waals surface area contributed by atoms with Crippen LogP contribution in [0, 0.1) is 12.7 Å². The van der Waals surface area contributed by atoms with E-state index < -0.39 is 0 Å². The lowest BCUT2D eigenvalue weighted by Crippen LogP contribution is -2.44. The number of rotatable bonds is 4. The van der Waals surface area contributed by atoms with Gasteiger partial charge in [-0.15, -0.1) is 0 Å². The van der Waals surface area contributed by atoms with Crippen LogP contribution in [0.3, 0.4) is 0 Å². The minimum absolute atomic E-state index is 0.130. The average Bonchev–Trinajstić information content (AvgIpc) is 2.42. The molecule has 3 nitrogen and oxygen atoms in total. The van der Waals surface area contributed by atoms with Gasteiger partial charge in [-0.3, -0.25) is 0 Å². The SMILES string of the molecule is Cc1cc(N(C)C2CCN(CCN)CC2)ccc1F. The molecule has 0 aromatic heterocycles. The van der Waals surface area contributed by atoms with Gasteiger partial charge in [0.25, 0.3) is 0 Å². The number of nitrogens with zero attached hydrogens (tertiary/aromatic N) is 2. The Balaban J connectivity index is 1.97. The summed E-state index contributed by atoms with van der Waals surface area (Å²) in [4.78, 5) is 4.70. The lowest BCUT2D eigenvalue weighted by atomic mass is 10.0. The molecule has 0 atom stereocenters. The first-order valence-corrected chi connectivity index (χ1v) is 7.03. The molecule has 106 valence electrons. The van der Waals surface area contributed by atoms with Gasteiger partial charge >= 0.3 is 0 Å². The van der Waals surface area contributed by atoms with Crippen LogP contribution in [0.1, 0.15) is 18.4 Å². The molecule has 0 amide bonds.